The van der Waals surface area contributed by atoms with Crippen molar-refractivity contribution in [3.63, 3.8) is 0 Å². The zero-order valence-corrected chi connectivity index (χ0v) is 8.74. The molecule has 1 aromatic rings. The van der Waals surface area contributed by atoms with Gasteiger partial charge in [-0.2, -0.15) is 0 Å². The summed E-state index contributed by atoms with van der Waals surface area (Å²) in [7, 11) is -3.62. The Balaban J connectivity index is 2.24. The van der Waals surface area contributed by atoms with Gasteiger partial charge in [-0.15, -0.1) is 0 Å². The van der Waals surface area contributed by atoms with Gasteiger partial charge in [0.25, 0.3) is 0 Å². The van der Waals surface area contributed by atoms with E-state index in [1.165, 1.54) is 12.1 Å². The third-order valence-electron chi connectivity index (χ3n) is 2.10. The van der Waals surface area contributed by atoms with Crippen LogP contribution in [0.25, 0.3) is 0 Å². The lowest BCUT2D eigenvalue weighted by Crippen LogP contribution is -2.12. The van der Waals surface area contributed by atoms with Gasteiger partial charge < -0.3 is 9.47 Å². The van der Waals surface area contributed by atoms with Crippen molar-refractivity contribution in [1.82, 2.24) is 0 Å². The summed E-state index contributed by atoms with van der Waals surface area (Å²) in [6, 6.07) is 6.15. The summed E-state index contributed by atoms with van der Waals surface area (Å²) in [5.41, 5.74) is 0.792. The van der Waals surface area contributed by atoms with E-state index in [1.54, 1.807) is 12.1 Å². The number of benzene rings is 1. The van der Waals surface area contributed by atoms with Crippen LogP contribution in [-0.2, 0) is 19.5 Å². The van der Waals surface area contributed by atoms with E-state index < -0.39 is 10.0 Å². The SMILES string of the molecule is NS(=O)(=O)c1ccc(C2OCCO2)cc1. The molecule has 0 bridgehead atoms. The van der Waals surface area contributed by atoms with Crippen LogP contribution in [0, 0.1) is 0 Å². The van der Waals surface area contributed by atoms with Gasteiger partial charge >= 0.3 is 0 Å². The van der Waals surface area contributed by atoms with E-state index in [0.29, 0.717) is 13.2 Å². The predicted molar refractivity (Wildman–Crippen MR) is 52.5 cm³/mol. The highest BCUT2D eigenvalue weighted by Gasteiger charge is 2.18. The first-order valence-electron chi connectivity index (χ1n) is 4.43. The fraction of sp³-hybridized carbons (Fsp3) is 0.333. The minimum absolute atomic E-state index is 0.0873. The van der Waals surface area contributed by atoms with Gasteiger partial charge in [-0.05, 0) is 12.1 Å². The number of hydrogen-bond acceptors (Lipinski definition) is 4. The van der Waals surface area contributed by atoms with Gasteiger partial charge in [0.15, 0.2) is 6.29 Å². The summed E-state index contributed by atoms with van der Waals surface area (Å²) < 4.78 is 32.5. The number of primary sulfonamides is 1. The Morgan fingerprint density at radius 3 is 2.13 bits per heavy atom. The Hall–Kier alpha value is -0.950. The van der Waals surface area contributed by atoms with E-state index in [9.17, 15) is 8.42 Å². The highest BCUT2D eigenvalue weighted by atomic mass is 32.2. The van der Waals surface area contributed by atoms with E-state index in [2.05, 4.69) is 0 Å². The average Bonchev–Trinajstić information content (AvgIpc) is 2.69. The van der Waals surface area contributed by atoms with Crippen molar-refractivity contribution in [3.05, 3.63) is 29.8 Å². The van der Waals surface area contributed by atoms with Crippen LogP contribution in [0.1, 0.15) is 11.9 Å². The summed E-state index contributed by atoms with van der Waals surface area (Å²) in [5.74, 6) is 0. The van der Waals surface area contributed by atoms with E-state index in [1.807, 2.05) is 0 Å². The maximum absolute atomic E-state index is 11.0. The minimum Gasteiger partial charge on any atom is -0.346 e. The monoisotopic (exact) mass is 229 g/mol. The molecule has 1 aliphatic heterocycles. The molecule has 0 saturated carbocycles. The smallest absolute Gasteiger partial charge is 0.238 e. The number of rotatable bonds is 2. The zero-order chi connectivity index (χ0) is 10.9. The van der Waals surface area contributed by atoms with Crippen molar-refractivity contribution in [1.29, 1.82) is 0 Å². The van der Waals surface area contributed by atoms with E-state index >= 15 is 0 Å². The van der Waals surface area contributed by atoms with E-state index in [-0.39, 0.29) is 11.2 Å². The summed E-state index contributed by atoms with van der Waals surface area (Å²) >= 11 is 0. The molecule has 1 heterocycles. The molecule has 2 N–H and O–H groups in total. The van der Waals surface area contributed by atoms with Crippen molar-refractivity contribution in [2.45, 2.75) is 11.2 Å². The summed E-state index contributed by atoms with van der Waals surface area (Å²) in [6.07, 6.45) is -0.389. The van der Waals surface area contributed by atoms with Gasteiger partial charge in [-0.1, -0.05) is 12.1 Å². The molecule has 15 heavy (non-hydrogen) atoms. The van der Waals surface area contributed by atoms with Crippen molar-refractivity contribution in [3.8, 4) is 0 Å². The largest absolute Gasteiger partial charge is 0.346 e. The van der Waals surface area contributed by atoms with E-state index in [0.717, 1.165) is 5.56 Å². The van der Waals surface area contributed by atoms with Crippen LogP contribution >= 0.6 is 0 Å². The van der Waals surface area contributed by atoms with Gasteiger partial charge in [-0.3, -0.25) is 0 Å². The Labute approximate surface area is 87.8 Å². The van der Waals surface area contributed by atoms with Crippen LogP contribution in [0.3, 0.4) is 0 Å². The molecule has 0 spiro atoms. The summed E-state index contributed by atoms with van der Waals surface area (Å²) in [4.78, 5) is 0.0873. The van der Waals surface area contributed by atoms with Crippen molar-refractivity contribution in [2.75, 3.05) is 13.2 Å². The Kier molecular flexibility index (Phi) is 2.74. The van der Waals surface area contributed by atoms with Gasteiger partial charge in [0.05, 0.1) is 18.1 Å². The third-order valence-corrected chi connectivity index (χ3v) is 3.03. The second-order valence-electron chi connectivity index (χ2n) is 3.19. The lowest BCUT2D eigenvalue weighted by molar-refractivity contribution is -0.0441. The lowest BCUT2D eigenvalue weighted by atomic mass is 10.2. The molecule has 0 aliphatic carbocycles. The number of hydrogen-bond donors (Lipinski definition) is 1. The van der Waals surface area contributed by atoms with Gasteiger partial charge in [0.2, 0.25) is 10.0 Å². The van der Waals surface area contributed by atoms with Crippen molar-refractivity contribution in [2.24, 2.45) is 5.14 Å². The molecule has 0 amide bonds. The number of sulfonamides is 1. The molecule has 0 atom stereocenters. The zero-order valence-electron chi connectivity index (χ0n) is 7.92. The molecular formula is C9H11NO4S. The van der Waals surface area contributed by atoms with Crippen LogP contribution in [-0.4, -0.2) is 21.6 Å². The fourth-order valence-corrected chi connectivity index (χ4v) is 1.88. The molecule has 1 aromatic carbocycles. The lowest BCUT2D eigenvalue weighted by Gasteiger charge is -2.09. The summed E-state index contributed by atoms with van der Waals surface area (Å²) in [5, 5.41) is 4.97. The van der Waals surface area contributed by atoms with E-state index in [4.69, 9.17) is 14.6 Å². The van der Waals surface area contributed by atoms with Gasteiger partial charge in [-0.25, -0.2) is 13.6 Å². The van der Waals surface area contributed by atoms with Gasteiger partial charge in [0, 0.05) is 5.56 Å². The van der Waals surface area contributed by atoms with Crippen molar-refractivity contribution >= 4 is 10.0 Å². The maximum atomic E-state index is 11.0. The molecular weight excluding hydrogens is 218 g/mol. The molecule has 1 fully saturated rings. The van der Waals surface area contributed by atoms with Crippen LogP contribution < -0.4 is 5.14 Å². The first-order chi connectivity index (χ1) is 7.07. The molecule has 1 saturated heterocycles. The quantitative estimate of drug-likeness (QED) is 0.795. The van der Waals surface area contributed by atoms with Crippen LogP contribution in [0.4, 0.5) is 0 Å². The normalized spacial score (nSPS) is 18.2. The highest BCUT2D eigenvalue weighted by molar-refractivity contribution is 7.89. The molecule has 0 aromatic heterocycles. The molecule has 0 unspecified atom stereocenters. The topological polar surface area (TPSA) is 78.6 Å². The highest BCUT2D eigenvalue weighted by Crippen LogP contribution is 2.23. The summed E-state index contributed by atoms with van der Waals surface area (Å²) in [6.45, 7) is 1.11. The fourth-order valence-electron chi connectivity index (χ4n) is 1.37. The predicted octanol–water partition coefficient (Wildman–Crippen LogP) is 0.379. The Bertz CT molecular complexity index is 434. The standard InChI is InChI=1S/C9H11NO4S/c10-15(11,12)8-3-1-7(2-4-8)9-13-5-6-14-9/h1-4,9H,5-6H2,(H2,10,11,12). The molecule has 2 rings (SSSR count). The average molecular weight is 229 g/mol. The first-order valence-corrected chi connectivity index (χ1v) is 5.98. The Morgan fingerprint density at radius 1 is 1.13 bits per heavy atom. The maximum Gasteiger partial charge on any atom is 0.238 e. The molecule has 82 valence electrons. The Morgan fingerprint density at radius 2 is 1.67 bits per heavy atom. The van der Waals surface area contributed by atoms with Crippen LogP contribution in [0.2, 0.25) is 0 Å². The number of nitrogens with two attached hydrogens (primary N) is 1. The van der Waals surface area contributed by atoms with Gasteiger partial charge in [0.1, 0.15) is 0 Å². The van der Waals surface area contributed by atoms with Crippen LogP contribution in [0.5, 0.6) is 0 Å². The minimum atomic E-state index is -3.62. The van der Waals surface area contributed by atoms with Crippen molar-refractivity contribution < 1.29 is 17.9 Å². The second-order valence-corrected chi connectivity index (χ2v) is 4.75. The molecule has 1 aliphatic rings. The second kappa shape index (κ2) is 3.90. The molecule has 0 radical (unpaired) electrons. The molecule has 5 nitrogen and oxygen atoms in total. The first kappa shape index (κ1) is 10.6. The molecule has 6 heteroatoms. The van der Waals surface area contributed by atoms with Crippen LogP contribution in [0.15, 0.2) is 29.2 Å². The number of ether oxygens (including phenoxy) is 2. The third kappa shape index (κ3) is 2.35.